The maximum atomic E-state index is 14.0. The van der Waals surface area contributed by atoms with Gasteiger partial charge in [0.05, 0.1) is 9.75 Å². The monoisotopic (exact) mass is 510 g/mol. The fourth-order valence-corrected chi connectivity index (χ4v) is 8.17. The fourth-order valence-electron chi connectivity index (χ4n) is 6.17. The molecular formula is C28H38N4OS2. The second-order valence-electron chi connectivity index (χ2n) is 10.0. The number of hydrogen-bond acceptors (Lipinski definition) is 5. The summed E-state index contributed by atoms with van der Waals surface area (Å²) in [4.78, 5) is 22.4. The van der Waals surface area contributed by atoms with Crippen molar-refractivity contribution in [1.82, 2.24) is 10.6 Å². The van der Waals surface area contributed by atoms with Crippen LogP contribution < -0.4 is 16.4 Å². The molecular weight excluding hydrogens is 472 g/mol. The van der Waals surface area contributed by atoms with Crippen molar-refractivity contribution in [3.05, 3.63) is 34.0 Å². The number of hydrogen-bond donors (Lipinski definition) is 3. The molecule has 2 fully saturated rings. The van der Waals surface area contributed by atoms with Crippen LogP contribution >= 0.6 is 22.7 Å². The van der Waals surface area contributed by atoms with Crippen LogP contribution in [0.2, 0.25) is 0 Å². The summed E-state index contributed by atoms with van der Waals surface area (Å²) in [5.74, 6) is 8.26. The predicted octanol–water partition coefficient (Wildman–Crippen LogP) is 5.38. The van der Waals surface area contributed by atoms with Gasteiger partial charge in [0.1, 0.15) is 0 Å². The minimum absolute atomic E-state index is 0.0941. The molecule has 0 amide bonds. The van der Waals surface area contributed by atoms with Crippen LogP contribution in [-0.4, -0.2) is 38.4 Å². The Morgan fingerprint density at radius 1 is 1.11 bits per heavy atom. The number of Topliss-reactive ketones (excluding diaryl/α,β-unsaturated/α-hetero) is 1. The summed E-state index contributed by atoms with van der Waals surface area (Å²) in [7, 11) is 1.71. The minimum Gasteiger partial charge on any atom is -0.370 e. The number of nitrogens with two attached hydrogens (primary N) is 1. The Morgan fingerprint density at radius 3 is 2.60 bits per heavy atom. The zero-order valence-corrected chi connectivity index (χ0v) is 22.8. The number of carbonyl (C=O) groups is 1. The lowest BCUT2D eigenvalue weighted by molar-refractivity contribution is 0.0458. The van der Waals surface area contributed by atoms with Gasteiger partial charge in [-0.05, 0) is 100 Å². The summed E-state index contributed by atoms with van der Waals surface area (Å²) in [5, 5.41) is 6.83. The number of guanidine groups is 1. The van der Waals surface area contributed by atoms with Crippen LogP contribution in [0.25, 0.3) is 9.75 Å². The molecule has 0 saturated heterocycles. The number of thiophene rings is 2. The van der Waals surface area contributed by atoms with Crippen molar-refractivity contribution >= 4 is 34.4 Å². The van der Waals surface area contributed by atoms with E-state index in [0.717, 1.165) is 61.5 Å². The highest BCUT2D eigenvalue weighted by Gasteiger charge is 2.51. The molecule has 4 rings (SSSR count). The lowest BCUT2D eigenvalue weighted by atomic mass is 9.60. The summed E-state index contributed by atoms with van der Waals surface area (Å²) in [6, 6.07) is 8.36. The number of carbonyl (C=O) groups excluding carboxylic acids is 1. The molecule has 188 valence electrons. The second kappa shape index (κ2) is 11.7. The van der Waals surface area contributed by atoms with Gasteiger partial charge in [0.2, 0.25) is 0 Å². The van der Waals surface area contributed by atoms with Crippen molar-refractivity contribution in [2.24, 2.45) is 33.9 Å². The zero-order valence-electron chi connectivity index (χ0n) is 21.2. The average Bonchev–Trinajstić information content (AvgIpc) is 3.61. The Hall–Kier alpha value is -2.14. The second-order valence-corrected chi connectivity index (χ2v) is 12.2. The molecule has 2 heterocycles. The molecule has 35 heavy (non-hydrogen) atoms. The SMILES string of the molecule is CC#Cc1ccc(-c2ccc(C(=O)C3CCC(CNC(N)=NC)CC34CCC(CNCC)C4)s2)s1. The minimum atomic E-state index is 0.0941. The van der Waals surface area contributed by atoms with Gasteiger partial charge in [-0.3, -0.25) is 9.79 Å². The molecule has 0 aromatic carbocycles. The number of nitrogens with one attached hydrogen (secondary N) is 2. The Labute approximate surface area is 218 Å². The van der Waals surface area contributed by atoms with Gasteiger partial charge >= 0.3 is 0 Å². The topological polar surface area (TPSA) is 79.5 Å². The molecule has 0 radical (unpaired) electrons. The van der Waals surface area contributed by atoms with Gasteiger partial charge in [0.15, 0.2) is 11.7 Å². The van der Waals surface area contributed by atoms with E-state index in [1.54, 1.807) is 29.7 Å². The average molecular weight is 511 g/mol. The van der Waals surface area contributed by atoms with Gasteiger partial charge in [0.25, 0.3) is 0 Å². The lowest BCUT2D eigenvalue weighted by Gasteiger charge is -2.44. The quantitative estimate of drug-likeness (QED) is 0.193. The maximum Gasteiger partial charge on any atom is 0.188 e. The molecule has 2 aromatic rings. The van der Waals surface area contributed by atoms with Gasteiger partial charge in [-0.1, -0.05) is 12.8 Å². The fraction of sp³-hybridized carbons (Fsp3) is 0.571. The highest BCUT2D eigenvalue weighted by Crippen LogP contribution is 2.56. The number of rotatable bonds is 8. The lowest BCUT2D eigenvalue weighted by Crippen LogP contribution is -2.44. The Kier molecular flexibility index (Phi) is 8.69. The molecule has 7 heteroatoms. The van der Waals surface area contributed by atoms with E-state index in [-0.39, 0.29) is 11.3 Å². The van der Waals surface area contributed by atoms with Crippen molar-refractivity contribution in [2.75, 3.05) is 26.7 Å². The van der Waals surface area contributed by atoms with Crippen LogP contribution in [0.1, 0.15) is 66.9 Å². The van der Waals surface area contributed by atoms with E-state index >= 15 is 0 Å². The van der Waals surface area contributed by atoms with Crippen LogP contribution in [0.5, 0.6) is 0 Å². The molecule has 2 aromatic heterocycles. The van der Waals surface area contributed by atoms with Gasteiger partial charge in [-0.15, -0.1) is 28.6 Å². The smallest absolute Gasteiger partial charge is 0.188 e. The summed E-state index contributed by atoms with van der Waals surface area (Å²) in [5.41, 5.74) is 6.00. The van der Waals surface area contributed by atoms with Crippen molar-refractivity contribution in [3.63, 3.8) is 0 Å². The van der Waals surface area contributed by atoms with Gasteiger partial charge in [-0.25, -0.2) is 0 Å². The molecule has 2 saturated carbocycles. The zero-order chi connectivity index (χ0) is 24.8. The van der Waals surface area contributed by atoms with Crippen molar-refractivity contribution in [2.45, 2.75) is 52.4 Å². The van der Waals surface area contributed by atoms with Crippen LogP contribution in [0.3, 0.4) is 0 Å². The third-order valence-electron chi connectivity index (χ3n) is 7.80. The third-order valence-corrected chi connectivity index (χ3v) is 10.1. The van der Waals surface area contributed by atoms with Gasteiger partial charge in [-0.2, -0.15) is 0 Å². The molecule has 2 aliphatic carbocycles. The van der Waals surface area contributed by atoms with E-state index in [4.69, 9.17) is 5.73 Å². The third kappa shape index (κ3) is 5.99. The number of nitrogens with zero attached hydrogens (tertiary/aromatic N) is 1. The molecule has 4 N–H and O–H groups in total. The molecule has 0 aliphatic heterocycles. The summed E-state index contributed by atoms with van der Waals surface area (Å²) in [6.07, 6.45) is 6.62. The van der Waals surface area contributed by atoms with E-state index in [9.17, 15) is 4.79 Å². The normalized spacial score (nSPS) is 26.5. The van der Waals surface area contributed by atoms with Crippen LogP contribution in [0.15, 0.2) is 29.3 Å². The van der Waals surface area contributed by atoms with E-state index in [2.05, 4.69) is 58.7 Å². The first kappa shape index (κ1) is 25.9. The largest absolute Gasteiger partial charge is 0.370 e. The van der Waals surface area contributed by atoms with Gasteiger partial charge in [0, 0.05) is 29.3 Å². The highest BCUT2D eigenvalue weighted by atomic mass is 32.1. The van der Waals surface area contributed by atoms with E-state index < -0.39 is 0 Å². The predicted molar refractivity (Wildman–Crippen MR) is 149 cm³/mol. The molecule has 1 spiro atoms. The molecule has 0 bridgehead atoms. The summed E-state index contributed by atoms with van der Waals surface area (Å²) in [6.45, 7) is 6.93. The Morgan fingerprint density at radius 2 is 1.86 bits per heavy atom. The summed E-state index contributed by atoms with van der Waals surface area (Å²) >= 11 is 3.35. The van der Waals surface area contributed by atoms with Crippen molar-refractivity contribution in [1.29, 1.82) is 0 Å². The van der Waals surface area contributed by atoms with E-state index in [0.29, 0.717) is 23.6 Å². The summed E-state index contributed by atoms with van der Waals surface area (Å²) < 4.78 is 0. The Balaban J connectivity index is 1.53. The number of ketones is 1. The van der Waals surface area contributed by atoms with Crippen LogP contribution in [0.4, 0.5) is 0 Å². The molecule has 4 atom stereocenters. The standard InChI is InChI=1S/C28H38N4OS2/c1-4-6-21-8-10-23(34-21)24-11-12-25(35-24)26(33)22-9-7-19(18-32-27(29)30-3)15-28(22)14-13-20(16-28)17-31-5-2/h8,10-12,19-20,22,31H,5,7,9,13-18H2,1-3H3,(H3,29,30,32). The van der Waals surface area contributed by atoms with Gasteiger partial charge < -0.3 is 16.4 Å². The number of aliphatic imine (C=N–C) groups is 1. The van der Waals surface area contributed by atoms with Crippen LogP contribution in [0, 0.1) is 35.0 Å². The van der Waals surface area contributed by atoms with Crippen LogP contribution in [-0.2, 0) is 0 Å². The Bertz CT molecular complexity index is 1110. The first-order valence-electron chi connectivity index (χ1n) is 12.8. The highest BCUT2D eigenvalue weighted by molar-refractivity contribution is 7.23. The molecule has 4 unspecified atom stereocenters. The molecule has 2 aliphatic rings. The maximum absolute atomic E-state index is 14.0. The first-order valence-corrected chi connectivity index (χ1v) is 14.4. The first-order chi connectivity index (χ1) is 17.0. The van der Waals surface area contributed by atoms with Crippen molar-refractivity contribution < 1.29 is 4.79 Å². The van der Waals surface area contributed by atoms with E-state index in [1.807, 2.05) is 6.92 Å². The molecule has 5 nitrogen and oxygen atoms in total. The van der Waals surface area contributed by atoms with E-state index in [1.165, 1.54) is 16.2 Å². The van der Waals surface area contributed by atoms with Crippen molar-refractivity contribution in [3.8, 4) is 21.6 Å².